The number of nitrogens with two attached hydrogens (primary N) is 1. The molecule has 1 rings (SSSR count). The first-order valence-electron chi connectivity index (χ1n) is 5.79. The van der Waals surface area contributed by atoms with E-state index in [0.29, 0.717) is 0 Å². The van der Waals surface area contributed by atoms with Crippen molar-refractivity contribution in [2.24, 2.45) is 0 Å². The number of aliphatic hydroxyl groups is 1. The Labute approximate surface area is 113 Å². The van der Waals surface area contributed by atoms with Crippen molar-refractivity contribution >= 4 is 17.3 Å². The van der Waals surface area contributed by atoms with Crippen LogP contribution in [0.1, 0.15) is 12.0 Å². The number of alkyl halides is 3. The molecule has 0 fully saturated rings. The maximum Gasteiger partial charge on any atom is 0.416 e. The highest BCUT2D eigenvalue weighted by Gasteiger charge is 2.30. The quantitative estimate of drug-likeness (QED) is 0.549. The Kier molecular flexibility index (Phi) is 5.78. The van der Waals surface area contributed by atoms with Gasteiger partial charge in [-0.1, -0.05) is 0 Å². The summed E-state index contributed by atoms with van der Waals surface area (Å²) in [5.41, 5.74) is 4.54. The Morgan fingerprint density at radius 3 is 2.60 bits per heavy atom. The molecule has 0 saturated carbocycles. The number of carbonyl (C=O) groups excluding carboxylic acids is 1. The standard InChI is InChI=1S/C12H15F3N2O3/c13-12(14,15)8-1-2-10(9(16)7-8)17-11(19)3-5-20-6-4-18/h1-2,7,18H,3-6,16H2,(H,17,19). The van der Waals surface area contributed by atoms with E-state index in [-0.39, 0.29) is 37.6 Å². The van der Waals surface area contributed by atoms with Crippen molar-refractivity contribution in [1.82, 2.24) is 0 Å². The molecule has 0 aliphatic carbocycles. The van der Waals surface area contributed by atoms with Crippen LogP contribution in [0.4, 0.5) is 24.5 Å². The summed E-state index contributed by atoms with van der Waals surface area (Å²) in [7, 11) is 0. The minimum absolute atomic E-state index is 0.0143. The smallest absolute Gasteiger partial charge is 0.397 e. The second-order valence-corrected chi connectivity index (χ2v) is 3.93. The number of hydrogen-bond donors (Lipinski definition) is 3. The molecule has 20 heavy (non-hydrogen) atoms. The molecule has 5 nitrogen and oxygen atoms in total. The lowest BCUT2D eigenvalue weighted by molar-refractivity contribution is -0.137. The van der Waals surface area contributed by atoms with E-state index in [0.717, 1.165) is 18.2 Å². The van der Waals surface area contributed by atoms with E-state index in [1.54, 1.807) is 0 Å². The fourth-order valence-electron chi connectivity index (χ4n) is 1.40. The molecule has 0 aromatic heterocycles. The van der Waals surface area contributed by atoms with Crippen LogP contribution in [0, 0.1) is 0 Å². The van der Waals surface area contributed by atoms with Crippen LogP contribution in [0.25, 0.3) is 0 Å². The van der Waals surface area contributed by atoms with Gasteiger partial charge in [0, 0.05) is 0 Å². The van der Waals surface area contributed by atoms with Crippen molar-refractivity contribution in [3.63, 3.8) is 0 Å². The van der Waals surface area contributed by atoms with E-state index in [2.05, 4.69) is 5.32 Å². The van der Waals surface area contributed by atoms with Gasteiger partial charge in [0.1, 0.15) is 0 Å². The third kappa shape index (κ3) is 5.06. The number of hydrogen-bond acceptors (Lipinski definition) is 4. The first kappa shape index (κ1) is 16.3. The Bertz CT molecular complexity index is 464. The second kappa shape index (κ2) is 7.11. The lowest BCUT2D eigenvalue weighted by atomic mass is 10.1. The van der Waals surface area contributed by atoms with Gasteiger partial charge < -0.3 is 20.9 Å². The van der Waals surface area contributed by atoms with Gasteiger partial charge >= 0.3 is 6.18 Å². The molecule has 0 radical (unpaired) electrons. The number of amides is 1. The van der Waals surface area contributed by atoms with Crippen LogP contribution in [0.5, 0.6) is 0 Å². The SMILES string of the molecule is Nc1cc(C(F)(F)F)ccc1NC(=O)CCOCCO. The van der Waals surface area contributed by atoms with Gasteiger partial charge in [-0.05, 0) is 18.2 Å². The van der Waals surface area contributed by atoms with Crippen LogP contribution in [-0.2, 0) is 15.7 Å². The number of benzene rings is 1. The average molecular weight is 292 g/mol. The summed E-state index contributed by atoms with van der Waals surface area (Å²) in [6.07, 6.45) is -4.46. The van der Waals surface area contributed by atoms with Crippen molar-refractivity contribution in [2.75, 3.05) is 30.9 Å². The zero-order valence-electron chi connectivity index (χ0n) is 10.5. The Balaban J connectivity index is 2.58. The molecule has 8 heteroatoms. The maximum atomic E-state index is 12.4. The molecule has 4 N–H and O–H groups in total. The molecule has 0 aliphatic heterocycles. The van der Waals surface area contributed by atoms with E-state index in [1.807, 2.05) is 0 Å². The maximum absolute atomic E-state index is 12.4. The highest BCUT2D eigenvalue weighted by molar-refractivity contribution is 5.93. The second-order valence-electron chi connectivity index (χ2n) is 3.93. The van der Waals surface area contributed by atoms with E-state index in [4.69, 9.17) is 15.6 Å². The van der Waals surface area contributed by atoms with Crippen molar-refractivity contribution in [3.8, 4) is 0 Å². The van der Waals surface area contributed by atoms with Crippen LogP contribution < -0.4 is 11.1 Å². The number of halogens is 3. The predicted octanol–water partition coefficient (Wildman–Crippen LogP) is 1.63. The van der Waals surface area contributed by atoms with Gasteiger partial charge in [-0.15, -0.1) is 0 Å². The summed E-state index contributed by atoms with van der Waals surface area (Å²) in [6.45, 7) is 0.0795. The van der Waals surface area contributed by atoms with Gasteiger partial charge in [0.2, 0.25) is 5.91 Å². The summed E-state index contributed by atoms with van der Waals surface area (Å²) >= 11 is 0. The van der Waals surface area contributed by atoms with E-state index in [1.165, 1.54) is 0 Å². The number of nitrogen functional groups attached to an aromatic ring is 1. The van der Waals surface area contributed by atoms with Crippen molar-refractivity contribution < 1.29 is 27.8 Å². The van der Waals surface area contributed by atoms with Gasteiger partial charge in [0.25, 0.3) is 0 Å². The first-order chi connectivity index (χ1) is 9.34. The summed E-state index contributed by atoms with van der Waals surface area (Å²) in [4.78, 5) is 11.5. The number of aliphatic hydroxyl groups excluding tert-OH is 1. The summed E-state index contributed by atoms with van der Waals surface area (Å²) < 4.78 is 42.2. The molecule has 112 valence electrons. The number of anilines is 2. The molecular weight excluding hydrogens is 277 g/mol. The van der Waals surface area contributed by atoms with Crippen LogP contribution >= 0.6 is 0 Å². The van der Waals surface area contributed by atoms with Crippen molar-refractivity contribution in [1.29, 1.82) is 0 Å². The third-order valence-electron chi connectivity index (χ3n) is 2.36. The number of carbonyl (C=O) groups is 1. The monoisotopic (exact) mass is 292 g/mol. The van der Waals surface area contributed by atoms with Crippen LogP contribution in [0.3, 0.4) is 0 Å². The first-order valence-corrected chi connectivity index (χ1v) is 5.79. The predicted molar refractivity (Wildman–Crippen MR) is 67.0 cm³/mol. The van der Waals surface area contributed by atoms with E-state index in [9.17, 15) is 18.0 Å². The van der Waals surface area contributed by atoms with Gasteiger partial charge in [0.15, 0.2) is 0 Å². The van der Waals surface area contributed by atoms with E-state index >= 15 is 0 Å². The molecule has 1 aromatic rings. The molecule has 0 heterocycles. The number of nitrogens with one attached hydrogen (secondary N) is 1. The van der Waals surface area contributed by atoms with Crippen LogP contribution in [0.2, 0.25) is 0 Å². The molecule has 1 aromatic carbocycles. The van der Waals surface area contributed by atoms with Gasteiger partial charge in [0.05, 0.1) is 43.2 Å². The van der Waals surface area contributed by atoms with Gasteiger partial charge in [-0.2, -0.15) is 13.2 Å². The lowest BCUT2D eigenvalue weighted by Gasteiger charge is -2.12. The number of ether oxygens (including phenoxy) is 1. The molecule has 0 saturated heterocycles. The number of rotatable bonds is 6. The van der Waals surface area contributed by atoms with Crippen LogP contribution in [0.15, 0.2) is 18.2 Å². The van der Waals surface area contributed by atoms with E-state index < -0.39 is 17.6 Å². The Hall–Kier alpha value is -1.80. The molecule has 0 bridgehead atoms. The Morgan fingerprint density at radius 1 is 1.35 bits per heavy atom. The minimum atomic E-state index is -4.48. The molecule has 1 amide bonds. The normalized spacial score (nSPS) is 11.4. The molecule has 0 atom stereocenters. The third-order valence-corrected chi connectivity index (χ3v) is 2.36. The van der Waals surface area contributed by atoms with Crippen LogP contribution in [-0.4, -0.2) is 30.8 Å². The van der Waals surface area contributed by atoms with Crippen molar-refractivity contribution in [3.05, 3.63) is 23.8 Å². The topological polar surface area (TPSA) is 84.6 Å². The van der Waals surface area contributed by atoms with Gasteiger partial charge in [-0.25, -0.2) is 0 Å². The largest absolute Gasteiger partial charge is 0.416 e. The molecule has 0 unspecified atom stereocenters. The summed E-state index contributed by atoms with van der Waals surface area (Å²) in [6, 6.07) is 2.71. The zero-order valence-corrected chi connectivity index (χ0v) is 10.5. The highest BCUT2D eigenvalue weighted by Crippen LogP contribution is 2.32. The fraction of sp³-hybridized carbons (Fsp3) is 0.417. The summed E-state index contributed by atoms with van der Waals surface area (Å²) in [5.74, 6) is -0.436. The van der Waals surface area contributed by atoms with Gasteiger partial charge in [-0.3, -0.25) is 4.79 Å². The molecular formula is C12H15F3N2O3. The zero-order chi connectivity index (χ0) is 15.2. The summed E-state index contributed by atoms with van der Waals surface area (Å²) in [5, 5.41) is 10.9. The van der Waals surface area contributed by atoms with Crippen molar-refractivity contribution in [2.45, 2.75) is 12.6 Å². The Morgan fingerprint density at radius 2 is 2.05 bits per heavy atom. The minimum Gasteiger partial charge on any atom is -0.397 e. The lowest BCUT2D eigenvalue weighted by Crippen LogP contribution is -2.16. The average Bonchev–Trinajstić information content (AvgIpc) is 2.36. The molecule has 0 spiro atoms. The highest BCUT2D eigenvalue weighted by atomic mass is 19.4. The molecule has 0 aliphatic rings. The fourth-order valence-corrected chi connectivity index (χ4v) is 1.40.